The average Bonchev–Trinajstić information content (AvgIpc) is 2.98. The number of hydrogen-bond donors (Lipinski definition) is 2. The topological polar surface area (TPSA) is 50.4 Å². The Hall–Kier alpha value is -1.33. The summed E-state index contributed by atoms with van der Waals surface area (Å²) in [6, 6.07) is 4.55. The normalized spacial score (nSPS) is 18.4. The highest BCUT2D eigenvalue weighted by molar-refractivity contribution is 5.85. The number of carbonyl (C=O) groups is 1. The van der Waals surface area contributed by atoms with E-state index in [0.717, 1.165) is 31.5 Å². The second-order valence-corrected chi connectivity index (χ2v) is 5.58. The number of carbonyl (C=O) groups excluding carboxylic acids is 1. The van der Waals surface area contributed by atoms with Crippen molar-refractivity contribution in [2.45, 2.75) is 32.2 Å². The molecule has 124 valence electrons. The number of amides is 1. The quantitative estimate of drug-likeness (QED) is 0.843. The maximum atomic E-state index is 13.7. The van der Waals surface area contributed by atoms with Gasteiger partial charge in [0, 0.05) is 6.42 Å². The molecule has 0 radical (unpaired) electrons. The molecular weight excluding hydrogens is 307 g/mol. The van der Waals surface area contributed by atoms with Gasteiger partial charge in [0.25, 0.3) is 0 Å². The van der Waals surface area contributed by atoms with Gasteiger partial charge in [0.1, 0.15) is 0 Å². The minimum atomic E-state index is -0.409. The Morgan fingerprint density at radius 2 is 2.32 bits per heavy atom. The molecule has 2 atom stereocenters. The summed E-state index contributed by atoms with van der Waals surface area (Å²) in [5.74, 6) is 0.425. The van der Waals surface area contributed by atoms with Crippen molar-refractivity contribution < 1.29 is 13.9 Å². The van der Waals surface area contributed by atoms with Gasteiger partial charge >= 0.3 is 0 Å². The molecule has 1 aliphatic heterocycles. The molecule has 0 spiro atoms. The summed E-state index contributed by atoms with van der Waals surface area (Å²) in [5, 5.41) is 6.21. The summed E-state index contributed by atoms with van der Waals surface area (Å²) < 4.78 is 18.5. The number of halogens is 2. The Morgan fingerprint density at radius 1 is 1.55 bits per heavy atom. The fraction of sp³-hybridized carbons (Fsp3) is 0.562. The van der Waals surface area contributed by atoms with Crippen LogP contribution in [0.5, 0.6) is 5.75 Å². The third-order valence-electron chi connectivity index (χ3n) is 4.00. The van der Waals surface area contributed by atoms with Crippen LogP contribution in [0, 0.1) is 11.7 Å². The zero-order valence-corrected chi connectivity index (χ0v) is 13.8. The second kappa shape index (κ2) is 8.96. The van der Waals surface area contributed by atoms with Crippen molar-refractivity contribution in [2.75, 3.05) is 20.2 Å². The summed E-state index contributed by atoms with van der Waals surface area (Å²) in [6.07, 6.45) is 2.57. The zero-order valence-electron chi connectivity index (χ0n) is 13.0. The van der Waals surface area contributed by atoms with Crippen molar-refractivity contribution in [3.05, 3.63) is 29.6 Å². The van der Waals surface area contributed by atoms with E-state index in [2.05, 4.69) is 10.6 Å². The fourth-order valence-electron chi connectivity index (χ4n) is 2.65. The summed E-state index contributed by atoms with van der Waals surface area (Å²) in [7, 11) is 1.43. The smallest absolute Gasteiger partial charge is 0.220 e. The van der Waals surface area contributed by atoms with E-state index >= 15 is 0 Å². The van der Waals surface area contributed by atoms with E-state index in [0.29, 0.717) is 12.3 Å². The number of rotatable bonds is 6. The van der Waals surface area contributed by atoms with Crippen molar-refractivity contribution in [3.8, 4) is 5.75 Å². The van der Waals surface area contributed by atoms with Gasteiger partial charge in [0.2, 0.25) is 5.91 Å². The Labute approximate surface area is 137 Å². The van der Waals surface area contributed by atoms with Crippen LogP contribution < -0.4 is 15.4 Å². The van der Waals surface area contributed by atoms with Gasteiger partial charge in [-0.05, 0) is 56.5 Å². The minimum absolute atomic E-state index is 0. The lowest BCUT2D eigenvalue weighted by molar-refractivity contribution is -0.122. The molecule has 1 saturated heterocycles. The first-order valence-electron chi connectivity index (χ1n) is 7.43. The number of methoxy groups -OCH3 is 1. The predicted molar refractivity (Wildman–Crippen MR) is 87.0 cm³/mol. The molecule has 0 aromatic heterocycles. The molecule has 1 amide bonds. The summed E-state index contributed by atoms with van der Waals surface area (Å²) in [5.41, 5.74) is 0.740. The van der Waals surface area contributed by atoms with Crippen LogP contribution in [0.15, 0.2) is 18.2 Å². The molecule has 22 heavy (non-hydrogen) atoms. The van der Waals surface area contributed by atoms with Gasteiger partial charge in [-0.1, -0.05) is 6.07 Å². The fourth-order valence-corrected chi connectivity index (χ4v) is 2.65. The SMILES string of the molecule is COc1ccc(C(C)NC(=O)CCC2CCNC2)cc1F.Cl. The Morgan fingerprint density at radius 3 is 2.91 bits per heavy atom. The van der Waals surface area contributed by atoms with Crippen LogP contribution in [-0.4, -0.2) is 26.1 Å². The summed E-state index contributed by atoms with van der Waals surface area (Å²) in [6.45, 7) is 3.91. The van der Waals surface area contributed by atoms with E-state index in [1.54, 1.807) is 12.1 Å². The van der Waals surface area contributed by atoms with Gasteiger partial charge in [0.05, 0.1) is 13.2 Å². The molecule has 2 N–H and O–H groups in total. The first-order chi connectivity index (χ1) is 10.1. The lowest BCUT2D eigenvalue weighted by Gasteiger charge is -2.16. The third-order valence-corrected chi connectivity index (χ3v) is 4.00. The van der Waals surface area contributed by atoms with E-state index in [-0.39, 0.29) is 30.1 Å². The van der Waals surface area contributed by atoms with Gasteiger partial charge in [-0.15, -0.1) is 12.4 Å². The first-order valence-corrected chi connectivity index (χ1v) is 7.43. The van der Waals surface area contributed by atoms with Crippen LogP contribution in [0.4, 0.5) is 4.39 Å². The van der Waals surface area contributed by atoms with Crippen LogP contribution in [-0.2, 0) is 4.79 Å². The highest BCUT2D eigenvalue weighted by atomic mass is 35.5. The molecule has 6 heteroatoms. The maximum absolute atomic E-state index is 13.7. The van der Waals surface area contributed by atoms with Gasteiger partial charge in [-0.2, -0.15) is 0 Å². The van der Waals surface area contributed by atoms with E-state index in [1.807, 2.05) is 6.92 Å². The molecule has 4 nitrogen and oxygen atoms in total. The van der Waals surface area contributed by atoms with Crippen molar-refractivity contribution in [1.29, 1.82) is 0 Å². The van der Waals surface area contributed by atoms with Crippen LogP contribution in [0.3, 0.4) is 0 Å². The maximum Gasteiger partial charge on any atom is 0.220 e. The largest absolute Gasteiger partial charge is 0.494 e. The lowest BCUT2D eigenvalue weighted by atomic mass is 10.0. The van der Waals surface area contributed by atoms with E-state index < -0.39 is 5.82 Å². The molecule has 0 saturated carbocycles. The monoisotopic (exact) mass is 330 g/mol. The number of hydrogen-bond acceptors (Lipinski definition) is 3. The Kier molecular flexibility index (Phi) is 7.62. The first kappa shape index (κ1) is 18.7. The minimum Gasteiger partial charge on any atom is -0.494 e. The molecule has 0 aliphatic carbocycles. The molecule has 0 bridgehead atoms. The summed E-state index contributed by atoms with van der Waals surface area (Å²) in [4.78, 5) is 11.9. The van der Waals surface area contributed by atoms with Crippen LogP contribution in [0.1, 0.15) is 37.8 Å². The average molecular weight is 331 g/mol. The molecule has 2 rings (SSSR count). The zero-order chi connectivity index (χ0) is 15.2. The molecule has 1 heterocycles. The van der Waals surface area contributed by atoms with E-state index in [1.165, 1.54) is 13.2 Å². The highest BCUT2D eigenvalue weighted by Gasteiger charge is 2.17. The molecule has 1 aromatic rings. The second-order valence-electron chi connectivity index (χ2n) is 5.58. The number of ether oxygens (including phenoxy) is 1. The standard InChI is InChI=1S/C16H23FN2O2.ClH/c1-11(13-4-5-15(21-2)14(17)9-13)19-16(20)6-3-12-7-8-18-10-12;/h4-5,9,11-12,18H,3,6-8,10H2,1-2H3,(H,19,20);1H. The molecule has 1 fully saturated rings. The molecule has 1 aromatic carbocycles. The van der Waals surface area contributed by atoms with Crippen LogP contribution >= 0.6 is 12.4 Å². The van der Waals surface area contributed by atoms with Crippen LogP contribution in [0.2, 0.25) is 0 Å². The predicted octanol–water partition coefficient (Wildman–Crippen LogP) is 2.82. The van der Waals surface area contributed by atoms with Gasteiger partial charge in [-0.25, -0.2) is 4.39 Å². The Balaban J connectivity index is 0.00000242. The van der Waals surface area contributed by atoms with Gasteiger partial charge < -0.3 is 15.4 Å². The highest BCUT2D eigenvalue weighted by Crippen LogP contribution is 2.22. The number of nitrogens with one attached hydrogen (secondary N) is 2. The van der Waals surface area contributed by atoms with Crippen molar-refractivity contribution in [1.82, 2.24) is 10.6 Å². The van der Waals surface area contributed by atoms with Crippen molar-refractivity contribution in [3.63, 3.8) is 0 Å². The van der Waals surface area contributed by atoms with Crippen molar-refractivity contribution >= 4 is 18.3 Å². The van der Waals surface area contributed by atoms with Gasteiger partial charge in [-0.3, -0.25) is 4.79 Å². The molecule has 2 unspecified atom stereocenters. The van der Waals surface area contributed by atoms with Crippen molar-refractivity contribution in [2.24, 2.45) is 5.92 Å². The lowest BCUT2D eigenvalue weighted by Crippen LogP contribution is -2.27. The van der Waals surface area contributed by atoms with E-state index in [9.17, 15) is 9.18 Å². The molecule has 1 aliphatic rings. The van der Waals surface area contributed by atoms with E-state index in [4.69, 9.17) is 4.74 Å². The summed E-state index contributed by atoms with van der Waals surface area (Å²) >= 11 is 0. The number of benzene rings is 1. The third kappa shape index (κ3) is 5.14. The van der Waals surface area contributed by atoms with Gasteiger partial charge in [0.15, 0.2) is 11.6 Å². The van der Waals surface area contributed by atoms with Crippen LogP contribution in [0.25, 0.3) is 0 Å². The Bertz CT molecular complexity index is 493. The molecular formula is C16H24ClFN2O2.